The lowest BCUT2D eigenvalue weighted by Crippen LogP contribution is -2.20. The second kappa shape index (κ2) is 3.49. The van der Waals surface area contributed by atoms with Crippen molar-refractivity contribution in [3.63, 3.8) is 0 Å². The predicted octanol–water partition coefficient (Wildman–Crippen LogP) is 1.93. The van der Waals surface area contributed by atoms with Crippen molar-refractivity contribution in [2.45, 2.75) is 6.10 Å². The number of phenols is 2. The van der Waals surface area contributed by atoms with Crippen molar-refractivity contribution in [3.05, 3.63) is 51.4 Å². The number of ether oxygens (including phenoxy) is 1. The zero-order valence-corrected chi connectivity index (χ0v) is 9.11. The molecule has 0 saturated carbocycles. The minimum atomic E-state index is -0.655. The van der Waals surface area contributed by atoms with Gasteiger partial charge in [0.25, 0.3) is 5.70 Å². The number of fused-ring (bicyclic) bond motifs is 3. The maximum absolute atomic E-state index is 11.0. The van der Waals surface area contributed by atoms with E-state index in [2.05, 4.69) is 0 Å². The van der Waals surface area contributed by atoms with Crippen LogP contribution in [0.4, 0.5) is 0 Å². The Morgan fingerprint density at radius 1 is 1.28 bits per heavy atom. The van der Waals surface area contributed by atoms with Crippen molar-refractivity contribution in [1.29, 1.82) is 0 Å². The molecule has 18 heavy (non-hydrogen) atoms. The first-order chi connectivity index (χ1) is 8.59. The number of rotatable bonds is 1. The second-order valence-electron chi connectivity index (χ2n) is 4.17. The molecule has 1 aliphatic carbocycles. The van der Waals surface area contributed by atoms with Gasteiger partial charge in [-0.05, 0) is 18.2 Å². The van der Waals surface area contributed by atoms with Gasteiger partial charge in [-0.25, -0.2) is 0 Å². The average molecular weight is 247 g/mol. The first kappa shape index (κ1) is 10.6. The van der Waals surface area contributed by atoms with Crippen LogP contribution in [0.3, 0.4) is 0 Å². The fourth-order valence-corrected chi connectivity index (χ4v) is 2.38. The first-order valence-corrected chi connectivity index (χ1v) is 5.32. The van der Waals surface area contributed by atoms with E-state index in [-0.39, 0.29) is 22.8 Å². The molecule has 6 heteroatoms. The Bertz CT molecular complexity index is 605. The molecule has 1 aromatic carbocycles. The van der Waals surface area contributed by atoms with Crippen LogP contribution in [0, 0.1) is 16.0 Å². The SMILES string of the molecule is O=[N+]([O-])C1=Cc2c(O)ccc(O)c2[C@H]2OC=C[C@@H]12. The van der Waals surface area contributed by atoms with Gasteiger partial charge in [-0.2, -0.15) is 0 Å². The molecular weight excluding hydrogens is 238 g/mol. The number of hydrogen-bond donors (Lipinski definition) is 2. The van der Waals surface area contributed by atoms with E-state index in [9.17, 15) is 20.3 Å². The molecule has 2 N–H and O–H groups in total. The van der Waals surface area contributed by atoms with Crippen LogP contribution >= 0.6 is 0 Å². The highest BCUT2D eigenvalue weighted by molar-refractivity contribution is 5.69. The number of hydrogen-bond acceptors (Lipinski definition) is 5. The summed E-state index contributed by atoms with van der Waals surface area (Å²) in [7, 11) is 0. The predicted molar refractivity (Wildman–Crippen MR) is 61.2 cm³/mol. The van der Waals surface area contributed by atoms with Gasteiger partial charge in [0.15, 0.2) is 0 Å². The summed E-state index contributed by atoms with van der Waals surface area (Å²) in [5.41, 5.74) is 0.574. The van der Waals surface area contributed by atoms with Crippen molar-refractivity contribution < 1.29 is 19.9 Å². The Labute approximate surface area is 102 Å². The second-order valence-corrected chi connectivity index (χ2v) is 4.17. The van der Waals surface area contributed by atoms with E-state index >= 15 is 0 Å². The van der Waals surface area contributed by atoms with Crippen LogP contribution in [0.15, 0.2) is 30.2 Å². The fraction of sp³-hybridized carbons (Fsp3) is 0.167. The molecule has 0 saturated heterocycles. The van der Waals surface area contributed by atoms with Gasteiger partial charge in [0.1, 0.15) is 23.5 Å². The largest absolute Gasteiger partial charge is 0.507 e. The van der Waals surface area contributed by atoms with Crippen molar-refractivity contribution in [2.24, 2.45) is 5.92 Å². The molecule has 0 amide bonds. The molecule has 0 radical (unpaired) electrons. The van der Waals surface area contributed by atoms with Crippen molar-refractivity contribution >= 4 is 6.08 Å². The van der Waals surface area contributed by atoms with E-state index in [1.807, 2.05) is 0 Å². The summed E-state index contributed by atoms with van der Waals surface area (Å²) in [6, 6.07) is 2.64. The van der Waals surface area contributed by atoms with Gasteiger partial charge in [0.05, 0.1) is 11.2 Å². The Balaban J connectivity index is 2.28. The minimum Gasteiger partial charge on any atom is -0.507 e. The maximum atomic E-state index is 11.0. The molecule has 0 fully saturated rings. The van der Waals surface area contributed by atoms with E-state index < -0.39 is 16.9 Å². The molecular formula is C12H9NO5. The number of benzene rings is 1. The Kier molecular flexibility index (Phi) is 2.07. The third-order valence-electron chi connectivity index (χ3n) is 3.21. The summed E-state index contributed by atoms with van der Waals surface area (Å²) in [5, 5.41) is 30.6. The van der Waals surface area contributed by atoms with Crippen molar-refractivity contribution in [1.82, 2.24) is 0 Å². The lowest BCUT2D eigenvalue weighted by molar-refractivity contribution is -0.432. The van der Waals surface area contributed by atoms with E-state index in [1.165, 1.54) is 24.5 Å². The van der Waals surface area contributed by atoms with Gasteiger partial charge in [-0.15, -0.1) is 0 Å². The molecule has 0 spiro atoms. The highest BCUT2D eigenvalue weighted by Crippen LogP contribution is 2.48. The lowest BCUT2D eigenvalue weighted by Gasteiger charge is -2.24. The first-order valence-electron chi connectivity index (χ1n) is 5.32. The molecule has 2 atom stereocenters. The molecule has 1 aromatic rings. The summed E-state index contributed by atoms with van der Waals surface area (Å²) in [6.45, 7) is 0. The van der Waals surface area contributed by atoms with Gasteiger partial charge in [0, 0.05) is 17.2 Å². The highest BCUT2D eigenvalue weighted by atomic mass is 16.6. The third kappa shape index (κ3) is 1.29. The summed E-state index contributed by atoms with van der Waals surface area (Å²) in [4.78, 5) is 10.5. The van der Waals surface area contributed by atoms with Crippen LogP contribution in [0.25, 0.3) is 6.08 Å². The summed E-state index contributed by atoms with van der Waals surface area (Å²) < 4.78 is 5.30. The van der Waals surface area contributed by atoms with Gasteiger partial charge >= 0.3 is 0 Å². The van der Waals surface area contributed by atoms with Crippen molar-refractivity contribution in [3.8, 4) is 11.5 Å². The Morgan fingerprint density at radius 3 is 2.72 bits per heavy atom. The van der Waals surface area contributed by atoms with Crippen LogP contribution in [0.1, 0.15) is 17.2 Å². The van der Waals surface area contributed by atoms with Crippen LogP contribution in [-0.2, 0) is 4.74 Å². The van der Waals surface area contributed by atoms with E-state index in [0.29, 0.717) is 5.56 Å². The van der Waals surface area contributed by atoms with Crippen molar-refractivity contribution in [2.75, 3.05) is 0 Å². The highest BCUT2D eigenvalue weighted by Gasteiger charge is 2.42. The van der Waals surface area contributed by atoms with Gasteiger partial charge in [-0.3, -0.25) is 10.1 Å². The maximum Gasteiger partial charge on any atom is 0.258 e. The van der Waals surface area contributed by atoms with Crippen LogP contribution < -0.4 is 0 Å². The Hall–Kier alpha value is -2.50. The number of phenolic OH excluding ortho intramolecular Hbond substituents is 2. The molecule has 0 aromatic heterocycles. The van der Waals surface area contributed by atoms with E-state index in [0.717, 1.165) is 0 Å². The van der Waals surface area contributed by atoms with E-state index in [4.69, 9.17) is 4.74 Å². The van der Waals surface area contributed by atoms with Crippen LogP contribution in [-0.4, -0.2) is 15.1 Å². The third-order valence-corrected chi connectivity index (χ3v) is 3.21. The molecule has 6 nitrogen and oxygen atoms in total. The molecule has 0 unspecified atom stereocenters. The Morgan fingerprint density at radius 2 is 2.00 bits per heavy atom. The van der Waals surface area contributed by atoms with Crippen LogP contribution in [0.5, 0.6) is 11.5 Å². The average Bonchev–Trinajstić information content (AvgIpc) is 2.81. The summed E-state index contributed by atoms with van der Waals surface area (Å²) in [6.07, 6.45) is 3.58. The zero-order chi connectivity index (χ0) is 12.9. The number of nitro groups is 1. The molecule has 92 valence electrons. The monoisotopic (exact) mass is 247 g/mol. The molecule has 3 rings (SSSR count). The normalized spacial score (nSPS) is 23.9. The zero-order valence-electron chi connectivity index (χ0n) is 9.11. The van der Waals surface area contributed by atoms with E-state index in [1.54, 1.807) is 6.08 Å². The van der Waals surface area contributed by atoms with Gasteiger partial charge in [0.2, 0.25) is 0 Å². The lowest BCUT2D eigenvalue weighted by atomic mass is 9.84. The fourth-order valence-electron chi connectivity index (χ4n) is 2.38. The minimum absolute atomic E-state index is 0.0415. The molecule has 1 aliphatic heterocycles. The number of aromatic hydroxyl groups is 2. The van der Waals surface area contributed by atoms with Crippen LogP contribution in [0.2, 0.25) is 0 Å². The molecule has 0 bridgehead atoms. The molecule has 1 heterocycles. The quantitative estimate of drug-likeness (QED) is 0.449. The standard InChI is InChI=1S/C12H9NO5/c14-9-1-2-10(15)11-7(9)5-8(13(16)17)6-3-4-18-12(6)11/h1-6,12,14-15H/t6-,12-/m0/s1. The summed E-state index contributed by atoms with van der Waals surface area (Å²) >= 11 is 0. The summed E-state index contributed by atoms with van der Waals surface area (Å²) in [5.74, 6) is -0.698. The van der Waals surface area contributed by atoms with Gasteiger partial charge < -0.3 is 14.9 Å². The number of nitrogens with zero attached hydrogens (tertiary/aromatic N) is 1. The molecule has 2 aliphatic rings. The topological polar surface area (TPSA) is 92.8 Å². The smallest absolute Gasteiger partial charge is 0.258 e. The van der Waals surface area contributed by atoms with Gasteiger partial charge in [-0.1, -0.05) is 0 Å².